The van der Waals surface area contributed by atoms with Gasteiger partial charge in [0, 0.05) is 10.6 Å². The molecule has 0 fully saturated rings. The van der Waals surface area contributed by atoms with Crippen LogP contribution in [0, 0.1) is 0 Å². The zero-order chi connectivity index (χ0) is 21.3. The van der Waals surface area contributed by atoms with Crippen molar-refractivity contribution in [1.29, 1.82) is 0 Å². The molecular formula is C23H14Cl2O5. The van der Waals surface area contributed by atoms with Crippen LogP contribution in [0.25, 0.3) is 22.3 Å². The van der Waals surface area contributed by atoms with Gasteiger partial charge in [0.2, 0.25) is 11.2 Å². The monoisotopic (exact) mass is 440 g/mol. The van der Waals surface area contributed by atoms with Crippen molar-refractivity contribution in [3.8, 4) is 17.1 Å². The van der Waals surface area contributed by atoms with Gasteiger partial charge < -0.3 is 14.3 Å². The molecule has 150 valence electrons. The number of benzene rings is 3. The largest absolute Gasteiger partial charge is 0.481 e. The van der Waals surface area contributed by atoms with Gasteiger partial charge in [0.05, 0.1) is 16.0 Å². The summed E-state index contributed by atoms with van der Waals surface area (Å²) >= 11 is 12.4. The Bertz CT molecular complexity index is 1330. The van der Waals surface area contributed by atoms with Crippen LogP contribution in [-0.2, 0) is 6.61 Å². The minimum Gasteiger partial charge on any atom is -0.481 e. The van der Waals surface area contributed by atoms with Gasteiger partial charge in [-0.25, -0.2) is 4.79 Å². The molecule has 1 heterocycles. The molecule has 0 saturated heterocycles. The summed E-state index contributed by atoms with van der Waals surface area (Å²) in [6.07, 6.45) is 0. The number of carbonyl (C=O) groups is 1. The molecule has 0 atom stereocenters. The number of rotatable bonds is 5. The number of carboxylic acid groups (broad SMARTS) is 1. The Morgan fingerprint density at radius 1 is 1.00 bits per heavy atom. The van der Waals surface area contributed by atoms with Crippen molar-refractivity contribution in [2.45, 2.75) is 6.61 Å². The first-order valence-corrected chi connectivity index (χ1v) is 9.66. The van der Waals surface area contributed by atoms with Crippen molar-refractivity contribution in [3.63, 3.8) is 0 Å². The molecule has 0 saturated carbocycles. The molecule has 0 radical (unpaired) electrons. The second-order valence-corrected chi connectivity index (χ2v) is 7.35. The van der Waals surface area contributed by atoms with Crippen molar-refractivity contribution in [1.82, 2.24) is 0 Å². The molecule has 1 aromatic heterocycles. The van der Waals surface area contributed by atoms with Gasteiger partial charge >= 0.3 is 5.97 Å². The molecule has 0 bridgehead atoms. The second-order valence-electron chi connectivity index (χ2n) is 6.50. The molecule has 0 spiro atoms. The van der Waals surface area contributed by atoms with Crippen molar-refractivity contribution >= 4 is 40.1 Å². The number of halogens is 2. The van der Waals surface area contributed by atoms with E-state index in [-0.39, 0.29) is 29.1 Å². The van der Waals surface area contributed by atoms with Gasteiger partial charge in [-0.2, -0.15) is 0 Å². The zero-order valence-corrected chi connectivity index (χ0v) is 16.9. The fraction of sp³-hybridized carbons (Fsp3) is 0.0435. The molecule has 0 amide bonds. The highest BCUT2D eigenvalue weighted by Crippen LogP contribution is 2.36. The average Bonchev–Trinajstić information content (AvgIpc) is 2.74. The smallest absolute Gasteiger partial charge is 0.335 e. The molecule has 30 heavy (non-hydrogen) atoms. The fourth-order valence-electron chi connectivity index (χ4n) is 3.05. The first-order chi connectivity index (χ1) is 14.4. The lowest BCUT2D eigenvalue weighted by molar-refractivity contribution is 0.0696. The number of hydrogen-bond acceptors (Lipinski definition) is 4. The molecular weight excluding hydrogens is 427 g/mol. The minimum absolute atomic E-state index is 0.0291. The van der Waals surface area contributed by atoms with Crippen LogP contribution >= 0.6 is 23.2 Å². The van der Waals surface area contributed by atoms with Crippen molar-refractivity contribution in [3.05, 3.63) is 98.1 Å². The molecule has 0 aliphatic heterocycles. The van der Waals surface area contributed by atoms with Crippen molar-refractivity contribution in [2.24, 2.45) is 0 Å². The summed E-state index contributed by atoms with van der Waals surface area (Å²) in [5, 5.41) is 10.2. The van der Waals surface area contributed by atoms with Crippen molar-refractivity contribution < 1.29 is 19.1 Å². The molecule has 0 aliphatic rings. The number of carboxylic acids is 1. The van der Waals surface area contributed by atoms with E-state index in [1.165, 1.54) is 18.2 Å². The standard InChI is InChI=1S/C23H14Cl2O5/c24-15-8-9-19-17(11-15)20(26)22(21(30-19)16-6-1-2-7-18(16)25)29-12-13-4-3-5-14(10-13)23(27)28/h1-11H,12H2,(H,27,28). The summed E-state index contributed by atoms with van der Waals surface area (Å²) in [6.45, 7) is -0.0323. The third-order valence-electron chi connectivity index (χ3n) is 4.49. The van der Waals surface area contributed by atoms with E-state index in [2.05, 4.69) is 0 Å². The number of hydrogen-bond donors (Lipinski definition) is 1. The molecule has 5 nitrogen and oxygen atoms in total. The Morgan fingerprint density at radius 3 is 2.57 bits per heavy atom. The Kier molecular flexibility index (Phi) is 5.48. The van der Waals surface area contributed by atoms with E-state index in [1.807, 2.05) is 0 Å². The molecule has 1 N–H and O–H groups in total. The van der Waals surface area contributed by atoms with Crippen LogP contribution < -0.4 is 10.2 Å². The summed E-state index contributed by atoms with van der Waals surface area (Å²) in [7, 11) is 0. The van der Waals surface area contributed by atoms with Crippen LogP contribution in [-0.4, -0.2) is 11.1 Å². The van der Waals surface area contributed by atoms with Crippen LogP contribution in [0.3, 0.4) is 0 Å². The van der Waals surface area contributed by atoms with Crippen LogP contribution in [0.1, 0.15) is 15.9 Å². The maximum Gasteiger partial charge on any atom is 0.335 e. The molecule has 4 rings (SSSR count). The minimum atomic E-state index is -1.05. The van der Waals surface area contributed by atoms with Gasteiger partial charge in [-0.1, -0.05) is 47.5 Å². The van der Waals surface area contributed by atoms with Gasteiger partial charge in [-0.05, 0) is 48.0 Å². The lowest BCUT2D eigenvalue weighted by Crippen LogP contribution is -2.11. The summed E-state index contributed by atoms with van der Waals surface area (Å²) in [4.78, 5) is 24.4. The topological polar surface area (TPSA) is 76.7 Å². The SMILES string of the molecule is O=C(O)c1cccc(COc2c(-c3ccccc3Cl)oc3ccc(Cl)cc3c2=O)c1. The summed E-state index contributed by atoms with van der Waals surface area (Å²) in [5.41, 5.74) is 1.16. The Hall–Kier alpha value is -3.28. The van der Waals surface area contributed by atoms with E-state index in [1.54, 1.807) is 48.5 Å². The van der Waals surface area contributed by atoms with Gasteiger partial charge in [-0.15, -0.1) is 0 Å². The number of fused-ring (bicyclic) bond motifs is 1. The predicted molar refractivity (Wildman–Crippen MR) is 116 cm³/mol. The zero-order valence-electron chi connectivity index (χ0n) is 15.4. The molecule has 0 unspecified atom stereocenters. The Balaban J connectivity index is 1.84. The third-order valence-corrected chi connectivity index (χ3v) is 5.05. The highest BCUT2D eigenvalue weighted by molar-refractivity contribution is 6.33. The number of aromatic carboxylic acids is 1. The van der Waals surface area contributed by atoms with E-state index in [0.29, 0.717) is 26.8 Å². The van der Waals surface area contributed by atoms with Gasteiger partial charge in [-0.3, -0.25) is 4.79 Å². The first-order valence-electron chi connectivity index (χ1n) is 8.90. The predicted octanol–water partition coefficient (Wildman–Crippen LogP) is 6.04. The lowest BCUT2D eigenvalue weighted by atomic mass is 10.1. The van der Waals surface area contributed by atoms with Gasteiger partial charge in [0.1, 0.15) is 12.2 Å². The molecule has 7 heteroatoms. The van der Waals surface area contributed by atoms with E-state index in [4.69, 9.17) is 32.4 Å². The average molecular weight is 441 g/mol. The van der Waals surface area contributed by atoms with Crippen molar-refractivity contribution in [2.75, 3.05) is 0 Å². The third kappa shape index (κ3) is 3.90. The normalized spacial score (nSPS) is 10.9. The van der Waals surface area contributed by atoms with E-state index in [9.17, 15) is 14.7 Å². The van der Waals surface area contributed by atoms with E-state index in [0.717, 1.165) is 0 Å². The summed E-state index contributed by atoms with van der Waals surface area (Å²) < 4.78 is 11.8. The maximum atomic E-state index is 13.2. The molecule has 3 aromatic carbocycles. The summed E-state index contributed by atoms with van der Waals surface area (Å²) in [6, 6.07) is 18.0. The highest BCUT2D eigenvalue weighted by atomic mass is 35.5. The van der Waals surface area contributed by atoms with Crippen LogP contribution in [0.15, 0.2) is 75.9 Å². The maximum absolute atomic E-state index is 13.2. The lowest BCUT2D eigenvalue weighted by Gasteiger charge is -2.13. The number of ether oxygens (including phenoxy) is 1. The van der Waals surface area contributed by atoms with Crippen LogP contribution in [0.2, 0.25) is 10.0 Å². The van der Waals surface area contributed by atoms with Gasteiger partial charge in [0.15, 0.2) is 5.76 Å². The van der Waals surface area contributed by atoms with Crippen LogP contribution in [0.5, 0.6) is 5.75 Å². The van der Waals surface area contributed by atoms with E-state index >= 15 is 0 Å². The summed E-state index contributed by atoms with van der Waals surface area (Å²) in [5.74, 6) is -0.887. The Morgan fingerprint density at radius 2 is 1.80 bits per heavy atom. The Labute approximate surface area is 181 Å². The highest BCUT2D eigenvalue weighted by Gasteiger charge is 2.20. The fourth-order valence-corrected chi connectivity index (χ4v) is 3.45. The van der Waals surface area contributed by atoms with Crippen LogP contribution in [0.4, 0.5) is 0 Å². The first kappa shape index (κ1) is 20.0. The molecule has 0 aliphatic carbocycles. The van der Waals surface area contributed by atoms with E-state index < -0.39 is 11.4 Å². The molecule has 4 aromatic rings. The second kappa shape index (κ2) is 8.22. The van der Waals surface area contributed by atoms with Gasteiger partial charge in [0.25, 0.3) is 0 Å². The quantitative estimate of drug-likeness (QED) is 0.408.